The van der Waals surface area contributed by atoms with Crippen LogP contribution in [-0.2, 0) is 5.60 Å². The highest BCUT2D eigenvalue weighted by atomic mass is 79.9. The van der Waals surface area contributed by atoms with Gasteiger partial charge in [-0.25, -0.2) is 8.78 Å². The fraction of sp³-hybridized carbons (Fsp3) is 0.333. The maximum Gasteiger partial charge on any atom is 0.422 e. The number of hydrogen-bond acceptors (Lipinski definition) is 1. The molecule has 0 bridgehead atoms. The Hall–Kier alpha value is -0.690. The van der Waals surface area contributed by atoms with Crippen molar-refractivity contribution >= 4 is 15.9 Å². The van der Waals surface area contributed by atoms with Gasteiger partial charge in [-0.05, 0) is 12.1 Å². The Morgan fingerprint density at radius 1 is 1.19 bits per heavy atom. The molecule has 1 atom stereocenters. The predicted octanol–water partition coefficient (Wildman–Crippen LogP) is 3.11. The molecule has 1 unspecified atom stereocenters. The lowest BCUT2D eigenvalue weighted by molar-refractivity contribution is -0.257. The highest BCUT2D eigenvalue weighted by Crippen LogP contribution is 2.41. The van der Waals surface area contributed by atoms with Crippen molar-refractivity contribution in [1.29, 1.82) is 0 Å². The van der Waals surface area contributed by atoms with E-state index in [1.165, 1.54) is 0 Å². The lowest BCUT2D eigenvalue weighted by atomic mass is 9.95. The monoisotopic (exact) mass is 304 g/mol. The Bertz CT molecular complexity index is 392. The van der Waals surface area contributed by atoms with Crippen LogP contribution in [0.3, 0.4) is 0 Å². The Labute approximate surface area is 96.0 Å². The molecule has 0 fully saturated rings. The summed E-state index contributed by atoms with van der Waals surface area (Å²) < 4.78 is 63.3. The highest BCUT2D eigenvalue weighted by Gasteiger charge is 2.55. The first-order chi connectivity index (χ1) is 7.22. The molecule has 1 N–H and O–H groups in total. The zero-order chi connectivity index (χ0) is 12.6. The third kappa shape index (κ3) is 2.20. The lowest BCUT2D eigenvalue weighted by Gasteiger charge is -2.29. The number of hydrogen-bond donors (Lipinski definition) is 1. The van der Waals surface area contributed by atoms with Gasteiger partial charge < -0.3 is 5.11 Å². The maximum atomic E-state index is 13.1. The molecular weight excluding hydrogens is 299 g/mol. The van der Waals surface area contributed by atoms with Gasteiger partial charge in [0.05, 0.1) is 0 Å². The first-order valence-electron chi connectivity index (χ1n) is 4.03. The van der Waals surface area contributed by atoms with Gasteiger partial charge in [-0.15, -0.1) is 0 Å². The van der Waals surface area contributed by atoms with Crippen molar-refractivity contribution in [3.63, 3.8) is 0 Å². The molecule has 0 aromatic heterocycles. The summed E-state index contributed by atoms with van der Waals surface area (Å²) in [4.78, 5) is 0. The first kappa shape index (κ1) is 13.4. The average molecular weight is 305 g/mol. The van der Waals surface area contributed by atoms with Gasteiger partial charge in [0.15, 0.2) is 5.60 Å². The number of aliphatic hydroxyl groups is 1. The van der Waals surface area contributed by atoms with Crippen molar-refractivity contribution in [3.05, 3.63) is 35.4 Å². The summed E-state index contributed by atoms with van der Waals surface area (Å²) >= 11 is 2.47. The average Bonchev–Trinajstić information content (AvgIpc) is 2.15. The van der Waals surface area contributed by atoms with E-state index in [2.05, 4.69) is 15.9 Å². The molecule has 7 heteroatoms. The zero-order valence-corrected chi connectivity index (χ0v) is 9.24. The van der Waals surface area contributed by atoms with E-state index in [1.54, 1.807) is 0 Å². The van der Waals surface area contributed by atoms with E-state index < -0.39 is 34.3 Å². The largest absolute Gasteiger partial charge is 0.422 e. The molecule has 90 valence electrons. The van der Waals surface area contributed by atoms with Crippen LogP contribution in [-0.4, -0.2) is 16.6 Å². The van der Waals surface area contributed by atoms with Crippen LogP contribution in [0.25, 0.3) is 0 Å². The molecule has 0 heterocycles. The third-order valence-electron chi connectivity index (χ3n) is 2.04. The van der Waals surface area contributed by atoms with Crippen LogP contribution in [0.15, 0.2) is 18.2 Å². The lowest BCUT2D eigenvalue weighted by Crippen LogP contribution is -2.44. The van der Waals surface area contributed by atoms with E-state index in [4.69, 9.17) is 0 Å². The Balaban J connectivity index is 3.34. The summed E-state index contributed by atoms with van der Waals surface area (Å²) in [5.41, 5.74) is -4.39. The van der Waals surface area contributed by atoms with Crippen LogP contribution in [0, 0.1) is 11.6 Å². The zero-order valence-electron chi connectivity index (χ0n) is 7.65. The van der Waals surface area contributed by atoms with Crippen LogP contribution in [0.4, 0.5) is 22.0 Å². The summed E-state index contributed by atoms with van der Waals surface area (Å²) in [5, 5.41) is 8.43. The minimum Gasteiger partial charge on any atom is -0.376 e. The molecule has 0 saturated heterocycles. The third-order valence-corrected chi connectivity index (χ3v) is 2.85. The fourth-order valence-corrected chi connectivity index (χ4v) is 1.75. The number of alkyl halides is 4. The first-order valence-corrected chi connectivity index (χ1v) is 5.15. The molecule has 0 spiro atoms. The van der Waals surface area contributed by atoms with Crippen molar-refractivity contribution < 1.29 is 27.1 Å². The second kappa shape index (κ2) is 4.29. The molecule has 1 aromatic carbocycles. The second-order valence-corrected chi connectivity index (χ2v) is 3.68. The molecule has 16 heavy (non-hydrogen) atoms. The van der Waals surface area contributed by atoms with Crippen LogP contribution < -0.4 is 0 Å². The van der Waals surface area contributed by atoms with E-state index in [9.17, 15) is 27.1 Å². The van der Waals surface area contributed by atoms with Gasteiger partial charge in [0.1, 0.15) is 11.6 Å². The Morgan fingerprint density at radius 3 is 2.12 bits per heavy atom. The van der Waals surface area contributed by atoms with Gasteiger partial charge >= 0.3 is 6.18 Å². The molecule has 0 aliphatic carbocycles. The van der Waals surface area contributed by atoms with Gasteiger partial charge in [-0.1, -0.05) is 15.9 Å². The summed E-state index contributed by atoms with van der Waals surface area (Å²) in [7, 11) is 0. The van der Waals surface area contributed by atoms with Gasteiger partial charge in [-0.3, -0.25) is 0 Å². The topological polar surface area (TPSA) is 20.2 Å². The number of rotatable bonds is 2. The maximum absolute atomic E-state index is 13.1. The van der Waals surface area contributed by atoms with Gasteiger partial charge in [0.2, 0.25) is 0 Å². The van der Waals surface area contributed by atoms with E-state index in [-0.39, 0.29) is 6.07 Å². The van der Waals surface area contributed by atoms with Crippen molar-refractivity contribution in [2.24, 2.45) is 0 Å². The summed E-state index contributed by atoms with van der Waals surface area (Å²) in [6.07, 6.45) is -5.06. The van der Waals surface area contributed by atoms with Gasteiger partial charge in [-0.2, -0.15) is 13.2 Å². The molecule has 1 nitrogen and oxygen atoms in total. The van der Waals surface area contributed by atoms with E-state index >= 15 is 0 Å². The quantitative estimate of drug-likeness (QED) is 0.657. The van der Waals surface area contributed by atoms with Crippen molar-refractivity contribution in [1.82, 2.24) is 0 Å². The summed E-state index contributed by atoms with van der Waals surface area (Å²) in [6.45, 7) is 0. The molecule has 1 aromatic rings. The van der Waals surface area contributed by atoms with Gasteiger partial charge in [0.25, 0.3) is 0 Å². The molecule has 0 aliphatic rings. The number of benzene rings is 1. The van der Waals surface area contributed by atoms with Crippen molar-refractivity contribution in [3.8, 4) is 0 Å². The van der Waals surface area contributed by atoms with Crippen LogP contribution in [0.2, 0.25) is 0 Å². The van der Waals surface area contributed by atoms with E-state index in [0.717, 1.165) is 0 Å². The number of halogens is 6. The summed E-state index contributed by atoms with van der Waals surface area (Å²) in [5.74, 6) is -2.46. The SMILES string of the molecule is OC(CBr)(c1ccc(F)cc1F)C(F)(F)F. The predicted molar refractivity (Wildman–Crippen MR) is 50.1 cm³/mol. The standard InChI is InChI=1S/C9H6BrF5O/c10-4-8(16,9(13,14)15)6-2-1-5(11)3-7(6)12/h1-3,16H,4H2. The van der Waals surface area contributed by atoms with Crippen LogP contribution in [0.1, 0.15) is 5.56 Å². The van der Waals surface area contributed by atoms with Crippen molar-refractivity contribution in [2.75, 3.05) is 5.33 Å². The minimum atomic E-state index is -5.06. The van der Waals surface area contributed by atoms with Crippen molar-refractivity contribution in [2.45, 2.75) is 11.8 Å². The van der Waals surface area contributed by atoms with Gasteiger partial charge in [0, 0.05) is 17.0 Å². The highest BCUT2D eigenvalue weighted by molar-refractivity contribution is 9.09. The normalized spacial score (nSPS) is 15.9. The molecule has 0 amide bonds. The molecule has 1 rings (SSSR count). The summed E-state index contributed by atoms with van der Waals surface area (Å²) in [6, 6.07) is 1.51. The minimum absolute atomic E-state index is 0.286. The smallest absolute Gasteiger partial charge is 0.376 e. The van der Waals surface area contributed by atoms with Crippen LogP contribution in [0.5, 0.6) is 0 Å². The van der Waals surface area contributed by atoms with Crippen LogP contribution >= 0.6 is 15.9 Å². The fourth-order valence-electron chi connectivity index (χ4n) is 1.13. The molecular formula is C9H6BrF5O. The molecule has 0 aliphatic heterocycles. The molecule has 0 radical (unpaired) electrons. The second-order valence-electron chi connectivity index (χ2n) is 3.12. The van der Waals surface area contributed by atoms with E-state index in [0.29, 0.717) is 12.1 Å². The molecule has 0 saturated carbocycles. The van der Waals surface area contributed by atoms with E-state index in [1.807, 2.05) is 0 Å². The Morgan fingerprint density at radius 2 is 1.75 bits per heavy atom. The Kier molecular flexibility index (Phi) is 3.59.